The molecule has 2 heterocycles. The number of aromatic nitrogens is 1. The molecule has 5 heteroatoms. The lowest BCUT2D eigenvalue weighted by atomic mass is 9.96. The summed E-state index contributed by atoms with van der Waals surface area (Å²) in [5.41, 5.74) is 2.79. The van der Waals surface area contributed by atoms with Gasteiger partial charge in [0.15, 0.2) is 0 Å². The van der Waals surface area contributed by atoms with Crippen LogP contribution in [0, 0.1) is 6.92 Å². The number of aryl methyl sites for hydroxylation is 1. The summed E-state index contributed by atoms with van der Waals surface area (Å²) in [6.07, 6.45) is -0.535. The van der Waals surface area contributed by atoms with Crippen LogP contribution in [0.2, 0.25) is 0 Å². The molecule has 1 aromatic heterocycles. The summed E-state index contributed by atoms with van der Waals surface area (Å²) in [6.45, 7) is 3.58. The number of alkyl halides is 2. The molecule has 3 aromatic rings. The average Bonchev–Trinajstić information content (AvgIpc) is 2.67. The lowest BCUT2D eigenvalue weighted by Crippen LogP contribution is -2.38. The Bertz CT molecular complexity index is 1030. The smallest absolute Gasteiger partial charge is 0.280 e. The number of pyridine rings is 1. The molecule has 0 saturated carbocycles. The zero-order valence-corrected chi connectivity index (χ0v) is 15.7. The molecule has 28 heavy (non-hydrogen) atoms. The number of hydrogen-bond acceptors (Lipinski definition) is 3. The van der Waals surface area contributed by atoms with Gasteiger partial charge < -0.3 is 4.74 Å². The first kappa shape index (κ1) is 18.3. The Morgan fingerprint density at radius 3 is 2.46 bits per heavy atom. The highest BCUT2D eigenvalue weighted by atomic mass is 19.3. The van der Waals surface area contributed by atoms with Gasteiger partial charge in [-0.3, -0.25) is 4.98 Å². The van der Waals surface area contributed by atoms with Crippen LogP contribution in [0.5, 0.6) is 5.75 Å². The predicted octanol–water partition coefficient (Wildman–Crippen LogP) is 5.52. The zero-order chi connectivity index (χ0) is 19.7. The number of nitrogens with zero attached hydrogens (tertiary/aromatic N) is 2. The first-order chi connectivity index (χ1) is 13.5. The molecular formula is C23H20F2N2O. The van der Waals surface area contributed by atoms with Crippen molar-refractivity contribution in [1.82, 2.24) is 4.98 Å². The summed E-state index contributed by atoms with van der Waals surface area (Å²) < 4.78 is 32.4. The van der Waals surface area contributed by atoms with Crippen molar-refractivity contribution in [1.29, 1.82) is 0 Å². The largest absolute Gasteiger partial charge is 0.465 e. The number of hydrogen-bond donors (Lipinski definition) is 0. The lowest BCUT2D eigenvalue weighted by Gasteiger charge is -2.33. The summed E-state index contributed by atoms with van der Waals surface area (Å²) in [7, 11) is 0. The van der Waals surface area contributed by atoms with E-state index >= 15 is 0 Å². The summed E-state index contributed by atoms with van der Waals surface area (Å²) in [4.78, 5) is 8.89. The van der Waals surface area contributed by atoms with E-state index in [1.165, 1.54) is 6.20 Å². The molecule has 1 aliphatic rings. The molecule has 0 aliphatic carbocycles. The van der Waals surface area contributed by atoms with Gasteiger partial charge in [0.05, 0.1) is 5.71 Å². The molecule has 0 N–H and O–H groups in total. The van der Waals surface area contributed by atoms with E-state index in [4.69, 9.17) is 9.73 Å². The number of para-hydroxylation sites is 1. The quantitative estimate of drug-likeness (QED) is 0.599. The molecule has 0 amide bonds. The fourth-order valence-electron chi connectivity index (χ4n) is 3.52. The number of fused-ring (bicyclic) bond motifs is 1. The molecular weight excluding hydrogens is 358 g/mol. The van der Waals surface area contributed by atoms with E-state index in [0.717, 1.165) is 16.9 Å². The van der Waals surface area contributed by atoms with Gasteiger partial charge in [-0.05, 0) is 43.2 Å². The second-order valence-electron chi connectivity index (χ2n) is 7.12. The van der Waals surface area contributed by atoms with Crippen molar-refractivity contribution in [2.24, 2.45) is 4.99 Å². The third-order valence-electron chi connectivity index (χ3n) is 4.79. The topological polar surface area (TPSA) is 34.5 Å². The number of aliphatic imine (C=N–C) groups is 1. The molecule has 1 aliphatic heterocycles. The SMILES string of the molecule is Cc1cc(C2=NC(C)(Cc3ccccc3)Oc3ccccc32)cnc1C(F)F. The van der Waals surface area contributed by atoms with Gasteiger partial charge in [-0.2, -0.15) is 0 Å². The van der Waals surface area contributed by atoms with Crippen molar-refractivity contribution in [3.05, 3.63) is 94.8 Å². The van der Waals surface area contributed by atoms with Crippen LogP contribution in [0.4, 0.5) is 8.78 Å². The van der Waals surface area contributed by atoms with Gasteiger partial charge in [-0.15, -0.1) is 0 Å². The van der Waals surface area contributed by atoms with Crippen molar-refractivity contribution in [3.63, 3.8) is 0 Å². The molecule has 2 aromatic carbocycles. The molecule has 0 saturated heterocycles. The first-order valence-corrected chi connectivity index (χ1v) is 9.12. The second-order valence-corrected chi connectivity index (χ2v) is 7.12. The van der Waals surface area contributed by atoms with Crippen LogP contribution in [0.1, 0.15) is 41.3 Å². The number of benzene rings is 2. The third-order valence-corrected chi connectivity index (χ3v) is 4.79. The Labute approximate surface area is 162 Å². The summed E-state index contributed by atoms with van der Waals surface area (Å²) in [6, 6.07) is 19.4. The van der Waals surface area contributed by atoms with Crippen molar-refractivity contribution in [2.45, 2.75) is 32.4 Å². The minimum absolute atomic E-state index is 0.197. The summed E-state index contributed by atoms with van der Waals surface area (Å²) in [5, 5.41) is 0. The van der Waals surface area contributed by atoms with Gasteiger partial charge in [-0.1, -0.05) is 42.5 Å². The maximum absolute atomic E-state index is 13.1. The Balaban J connectivity index is 1.80. The van der Waals surface area contributed by atoms with Crippen LogP contribution >= 0.6 is 0 Å². The number of rotatable bonds is 4. The van der Waals surface area contributed by atoms with E-state index in [1.54, 1.807) is 13.0 Å². The Morgan fingerprint density at radius 2 is 1.75 bits per heavy atom. The van der Waals surface area contributed by atoms with Gasteiger partial charge in [0.1, 0.15) is 11.4 Å². The maximum atomic E-state index is 13.1. The molecule has 0 bridgehead atoms. The number of halogens is 2. The summed E-state index contributed by atoms with van der Waals surface area (Å²) in [5.74, 6) is 0.724. The molecule has 0 spiro atoms. The van der Waals surface area contributed by atoms with E-state index < -0.39 is 12.2 Å². The lowest BCUT2D eigenvalue weighted by molar-refractivity contribution is 0.0948. The van der Waals surface area contributed by atoms with Crippen LogP contribution < -0.4 is 4.74 Å². The predicted molar refractivity (Wildman–Crippen MR) is 105 cm³/mol. The maximum Gasteiger partial charge on any atom is 0.280 e. The molecule has 3 nitrogen and oxygen atoms in total. The van der Waals surface area contributed by atoms with E-state index in [9.17, 15) is 8.78 Å². The monoisotopic (exact) mass is 378 g/mol. The van der Waals surface area contributed by atoms with E-state index in [-0.39, 0.29) is 5.69 Å². The first-order valence-electron chi connectivity index (χ1n) is 9.12. The van der Waals surface area contributed by atoms with Crippen molar-refractivity contribution in [3.8, 4) is 5.75 Å². The second kappa shape index (κ2) is 7.15. The highest BCUT2D eigenvalue weighted by molar-refractivity contribution is 6.15. The average molecular weight is 378 g/mol. The normalized spacial score (nSPS) is 18.4. The van der Waals surface area contributed by atoms with Crippen LogP contribution in [-0.4, -0.2) is 16.4 Å². The van der Waals surface area contributed by atoms with Crippen LogP contribution in [0.25, 0.3) is 0 Å². The van der Waals surface area contributed by atoms with Gasteiger partial charge >= 0.3 is 0 Å². The van der Waals surface area contributed by atoms with Gasteiger partial charge in [0.25, 0.3) is 6.43 Å². The fourth-order valence-corrected chi connectivity index (χ4v) is 3.52. The highest BCUT2D eigenvalue weighted by Crippen LogP contribution is 2.35. The molecule has 0 fully saturated rings. The van der Waals surface area contributed by atoms with Crippen molar-refractivity contribution in [2.75, 3.05) is 0 Å². The van der Waals surface area contributed by atoms with Gasteiger partial charge in [0, 0.05) is 23.7 Å². The Hall–Kier alpha value is -3.08. The minimum Gasteiger partial charge on any atom is -0.465 e. The van der Waals surface area contributed by atoms with Gasteiger partial charge in [-0.25, -0.2) is 13.8 Å². The molecule has 0 radical (unpaired) electrons. The van der Waals surface area contributed by atoms with Crippen LogP contribution in [0.3, 0.4) is 0 Å². The van der Waals surface area contributed by atoms with Crippen LogP contribution in [0.15, 0.2) is 71.9 Å². The molecule has 4 rings (SSSR count). The fraction of sp³-hybridized carbons (Fsp3) is 0.217. The highest BCUT2D eigenvalue weighted by Gasteiger charge is 2.33. The minimum atomic E-state index is -2.60. The standard InChI is InChI=1S/C23H20F2N2O/c1-15-12-17(14-26-20(15)22(24)25)21-18-10-6-7-11-19(18)28-23(2,27-21)13-16-8-4-3-5-9-16/h3-12,14,22H,13H2,1-2H3. The Kier molecular flexibility index (Phi) is 4.67. The van der Waals surface area contributed by atoms with Crippen molar-refractivity contribution >= 4 is 5.71 Å². The Morgan fingerprint density at radius 1 is 1.04 bits per heavy atom. The van der Waals surface area contributed by atoms with E-state index in [1.807, 2.05) is 61.5 Å². The van der Waals surface area contributed by atoms with Crippen LogP contribution in [-0.2, 0) is 6.42 Å². The third kappa shape index (κ3) is 3.52. The molecule has 1 atom stereocenters. The zero-order valence-electron chi connectivity index (χ0n) is 15.7. The number of ether oxygens (including phenoxy) is 1. The van der Waals surface area contributed by atoms with Gasteiger partial charge in [0.2, 0.25) is 5.72 Å². The molecule has 142 valence electrons. The van der Waals surface area contributed by atoms with E-state index in [0.29, 0.717) is 23.3 Å². The van der Waals surface area contributed by atoms with E-state index in [2.05, 4.69) is 4.98 Å². The summed E-state index contributed by atoms with van der Waals surface area (Å²) >= 11 is 0. The van der Waals surface area contributed by atoms with Crippen molar-refractivity contribution < 1.29 is 13.5 Å². The molecule has 1 unspecified atom stereocenters.